The van der Waals surface area contributed by atoms with Gasteiger partial charge in [-0.3, -0.25) is 19.9 Å². The SMILES string of the molecule is COc1cc2nccc(Oc3ccc4c(C(=O)Nc5nc(C)cs5)cccc4c3)c2cc1C(N)=O. The number of nitrogens with zero attached hydrogens (tertiary/aromatic N) is 2. The molecule has 0 unspecified atom stereocenters. The van der Waals surface area contributed by atoms with Crippen molar-refractivity contribution in [1.29, 1.82) is 0 Å². The van der Waals surface area contributed by atoms with Gasteiger partial charge in [0.25, 0.3) is 11.8 Å². The fraction of sp³-hybridized carbons (Fsp3) is 0.0769. The van der Waals surface area contributed by atoms with E-state index < -0.39 is 5.91 Å². The summed E-state index contributed by atoms with van der Waals surface area (Å²) < 4.78 is 11.4. The van der Waals surface area contributed by atoms with Gasteiger partial charge in [-0.1, -0.05) is 12.1 Å². The topological polar surface area (TPSA) is 116 Å². The maximum absolute atomic E-state index is 12.9. The number of nitrogens with one attached hydrogen (secondary N) is 1. The molecule has 0 radical (unpaired) electrons. The quantitative estimate of drug-likeness (QED) is 0.338. The zero-order valence-electron chi connectivity index (χ0n) is 18.9. The Labute approximate surface area is 204 Å². The molecule has 35 heavy (non-hydrogen) atoms. The van der Waals surface area contributed by atoms with Crippen molar-refractivity contribution in [2.24, 2.45) is 5.73 Å². The minimum Gasteiger partial charge on any atom is -0.496 e. The van der Waals surface area contributed by atoms with Gasteiger partial charge in [-0.05, 0) is 54.1 Å². The minimum absolute atomic E-state index is 0.230. The Morgan fingerprint density at radius 2 is 1.86 bits per heavy atom. The molecule has 0 saturated heterocycles. The molecule has 9 heteroatoms. The first-order valence-electron chi connectivity index (χ1n) is 10.6. The van der Waals surface area contributed by atoms with Crippen molar-refractivity contribution in [1.82, 2.24) is 9.97 Å². The molecule has 0 aliphatic rings. The van der Waals surface area contributed by atoms with Gasteiger partial charge in [0.15, 0.2) is 5.13 Å². The highest BCUT2D eigenvalue weighted by molar-refractivity contribution is 7.13. The molecule has 0 spiro atoms. The maximum Gasteiger partial charge on any atom is 0.258 e. The van der Waals surface area contributed by atoms with Crippen LogP contribution in [0.25, 0.3) is 21.7 Å². The number of aromatic nitrogens is 2. The van der Waals surface area contributed by atoms with Crippen LogP contribution in [0.3, 0.4) is 0 Å². The van der Waals surface area contributed by atoms with Gasteiger partial charge in [-0.25, -0.2) is 4.98 Å². The molecule has 174 valence electrons. The van der Waals surface area contributed by atoms with Crippen molar-refractivity contribution < 1.29 is 19.1 Å². The van der Waals surface area contributed by atoms with Crippen LogP contribution in [-0.4, -0.2) is 28.9 Å². The summed E-state index contributed by atoms with van der Waals surface area (Å²) in [5.41, 5.74) is 7.75. The molecule has 5 rings (SSSR count). The predicted octanol–water partition coefficient (Wildman–Crippen LogP) is 5.31. The average Bonchev–Trinajstić information content (AvgIpc) is 3.27. The highest BCUT2D eigenvalue weighted by Crippen LogP contribution is 2.34. The number of carbonyl (C=O) groups excluding carboxylic acids is 2. The predicted molar refractivity (Wildman–Crippen MR) is 136 cm³/mol. The molecule has 3 aromatic carbocycles. The lowest BCUT2D eigenvalue weighted by atomic mass is 10.0. The van der Waals surface area contributed by atoms with E-state index in [1.807, 2.05) is 36.6 Å². The third-order valence-electron chi connectivity index (χ3n) is 5.45. The number of hydrogen-bond donors (Lipinski definition) is 2. The molecule has 8 nitrogen and oxygen atoms in total. The van der Waals surface area contributed by atoms with E-state index in [0.717, 1.165) is 16.5 Å². The second kappa shape index (κ2) is 9.03. The molecule has 0 atom stereocenters. The Morgan fingerprint density at radius 1 is 1.00 bits per heavy atom. The second-order valence-corrected chi connectivity index (χ2v) is 8.64. The molecule has 2 amide bonds. The molecule has 0 saturated carbocycles. The van der Waals surface area contributed by atoms with Crippen molar-refractivity contribution in [2.75, 3.05) is 12.4 Å². The Balaban J connectivity index is 1.49. The first kappa shape index (κ1) is 22.3. The van der Waals surface area contributed by atoms with Crippen LogP contribution < -0.4 is 20.5 Å². The number of amides is 2. The van der Waals surface area contributed by atoms with Crippen LogP contribution in [0.15, 0.2) is 66.2 Å². The summed E-state index contributed by atoms with van der Waals surface area (Å²) in [6.07, 6.45) is 1.62. The standard InChI is InChI=1S/C26H20N4O4S/c1-14-13-35-26(29-14)30-25(32)18-5-3-4-15-10-16(6-7-17(15)18)34-22-8-9-28-21-12-23(33-2)20(24(27)31)11-19(21)22/h3-13H,1-2H3,(H2,27,31)(H,29,30,32). The van der Waals surface area contributed by atoms with Gasteiger partial charge in [-0.2, -0.15) is 0 Å². The molecule has 5 aromatic rings. The number of pyridine rings is 1. The highest BCUT2D eigenvalue weighted by Gasteiger charge is 2.16. The van der Waals surface area contributed by atoms with E-state index in [1.165, 1.54) is 18.4 Å². The van der Waals surface area contributed by atoms with E-state index in [2.05, 4.69) is 15.3 Å². The summed E-state index contributed by atoms with van der Waals surface area (Å²) in [5, 5.41) is 7.53. The van der Waals surface area contributed by atoms with Crippen molar-refractivity contribution in [3.8, 4) is 17.2 Å². The van der Waals surface area contributed by atoms with E-state index in [9.17, 15) is 9.59 Å². The fourth-order valence-corrected chi connectivity index (χ4v) is 4.51. The lowest BCUT2D eigenvalue weighted by molar-refractivity contribution is 0.0995. The number of primary amides is 1. The van der Waals surface area contributed by atoms with E-state index in [1.54, 1.807) is 36.5 Å². The van der Waals surface area contributed by atoms with Crippen LogP contribution in [-0.2, 0) is 0 Å². The van der Waals surface area contributed by atoms with E-state index in [-0.39, 0.29) is 11.5 Å². The first-order valence-corrected chi connectivity index (χ1v) is 11.5. The Kier molecular flexibility index (Phi) is 5.76. The van der Waals surface area contributed by atoms with Gasteiger partial charge < -0.3 is 15.2 Å². The molecule has 0 aliphatic carbocycles. The van der Waals surface area contributed by atoms with Crippen molar-refractivity contribution in [3.63, 3.8) is 0 Å². The normalized spacial score (nSPS) is 10.9. The summed E-state index contributed by atoms with van der Waals surface area (Å²) in [5.74, 6) is 0.579. The molecule has 0 bridgehead atoms. The number of carbonyl (C=O) groups is 2. The van der Waals surface area contributed by atoms with Gasteiger partial charge in [0, 0.05) is 28.6 Å². The van der Waals surface area contributed by atoms with Crippen molar-refractivity contribution in [2.45, 2.75) is 6.92 Å². The largest absolute Gasteiger partial charge is 0.496 e. The molecule has 0 aliphatic heterocycles. The van der Waals surface area contributed by atoms with Crippen LogP contribution in [0.2, 0.25) is 0 Å². The zero-order valence-corrected chi connectivity index (χ0v) is 19.7. The molecule has 2 heterocycles. The smallest absolute Gasteiger partial charge is 0.258 e. The summed E-state index contributed by atoms with van der Waals surface area (Å²) in [7, 11) is 1.47. The first-order chi connectivity index (χ1) is 16.9. The van der Waals surface area contributed by atoms with Crippen LogP contribution in [0.4, 0.5) is 5.13 Å². The highest BCUT2D eigenvalue weighted by atomic mass is 32.1. The zero-order chi connectivity index (χ0) is 24.5. The summed E-state index contributed by atoms with van der Waals surface area (Å²) in [6.45, 7) is 1.88. The number of benzene rings is 3. The summed E-state index contributed by atoms with van der Waals surface area (Å²) in [4.78, 5) is 33.4. The van der Waals surface area contributed by atoms with Gasteiger partial charge >= 0.3 is 0 Å². The lowest BCUT2D eigenvalue weighted by Crippen LogP contribution is -2.12. The maximum atomic E-state index is 12.9. The Morgan fingerprint density at radius 3 is 2.60 bits per heavy atom. The molecule has 3 N–H and O–H groups in total. The number of ether oxygens (including phenoxy) is 2. The molecule has 0 fully saturated rings. The third-order valence-corrected chi connectivity index (χ3v) is 6.33. The Bertz CT molecular complexity index is 1610. The van der Waals surface area contributed by atoms with Gasteiger partial charge in [0.2, 0.25) is 0 Å². The number of hydrogen-bond acceptors (Lipinski definition) is 7. The van der Waals surface area contributed by atoms with E-state index in [0.29, 0.717) is 38.8 Å². The summed E-state index contributed by atoms with van der Waals surface area (Å²) >= 11 is 1.38. The van der Waals surface area contributed by atoms with Crippen LogP contribution >= 0.6 is 11.3 Å². The number of rotatable bonds is 6. The average molecular weight is 485 g/mol. The monoisotopic (exact) mass is 484 g/mol. The van der Waals surface area contributed by atoms with Gasteiger partial charge in [0.1, 0.15) is 17.2 Å². The van der Waals surface area contributed by atoms with Crippen LogP contribution in [0, 0.1) is 6.92 Å². The number of fused-ring (bicyclic) bond motifs is 2. The number of methoxy groups -OCH3 is 1. The van der Waals surface area contributed by atoms with Crippen molar-refractivity contribution >= 4 is 50.0 Å². The third kappa shape index (κ3) is 4.36. The van der Waals surface area contributed by atoms with Gasteiger partial charge in [0.05, 0.1) is 23.9 Å². The number of nitrogens with two attached hydrogens (primary N) is 1. The van der Waals surface area contributed by atoms with Crippen LogP contribution in [0.5, 0.6) is 17.2 Å². The summed E-state index contributed by atoms with van der Waals surface area (Å²) in [6, 6.07) is 16.0. The number of thiazole rings is 1. The lowest BCUT2D eigenvalue weighted by Gasteiger charge is -2.13. The second-order valence-electron chi connectivity index (χ2n) is 7.78. The fourth-order valence-electron chi connectivity index (χ4n) is 3.82. The number of aryl methyl sites for hydroxylation is 1. The van der Waals surface area contributed by atoms with E-state index >= 15 is 0 Å². The van der Waals surface area contributed by atoms with Gasteiger partial charge in [-0.15, -0.1) is 11.3 Å². The van der Waals surface area contributed by atoms with E-state index in [4.69, 9.17) is 15.2 Å². The van der Waals surface area contributed by atoms with Crippen LogP contribution in [0.1, 0.15) is 26.4 Å². The minimum atomic E-state index is -0.608. The van der Waals surface area contributed by atoms with Crippen molar-refractivity contribution in [3.05, 3.63) is 83.0 Å². The number of anilines is 1. The molecule has 2 aromatic heterocycles. The molecular weight excluding hydrogens is 464 g/mol. The molecular formula is C26H20N4O4S. The Hall–Kier alpha value is -4.50.